The van der Waals surface area contributed by atoms with Gasteiger partial charge in [-0.1, -0.05) is 13.8 Å². The van der Waals surface area contributed by atoms with Crippen LogP contribution < -0.4 is 5.32 Å². The number of carbonyl (C=O) groups excluding carboxylic acids is 2. The Morgan fingerprint density at radius 2 is 1.86 bits per heavy atom. The van der Waals surface area contributed by atoms with Crippen LogP contribution in [0.25, 0.3) is 0 Å². The monoisotopic (exact) mass is 198 g/mol. The van der Waals surface area contributed by atoms with Gasteiger partial charge in [-0.25, -0.2) is 0 Å². The molecule has 80 valence electrons. The summed E-state index contributed by atoms with van der Waals surface area (Å²) in [4.78, 5) is 24.9. The van der Waals surface area contributed by atoms with Gasteiger partial charge in [0, 0.05) is 6.04 Å². The fourth-order valence-electron chi connectivity index (χ4n) is 1.87. The molecule has 4 heteroatoms. The third kappa shape index (κ3) is 1.89. The lowest BCUT2D eigenvalue weighted by Crippen LogP contribution is -2.62. The van der Waals surface area contributed by atoms with Crippen molar-refractivity contribution in [2.75, 3.05) is 6.54 Å². The maximum absolute atomic E-state index is 11.6. The summed E-state index contributed by atoms with van der Waals surface area (Å²) in [5.41, 5.74) is 0. The van der Waals surface area contributed by atoms with E-state index in [1.807, 2.05) is 27.7 Å². The van der Waals surface area contributed by atoms with E-state index in [9.17, 15) is 9.59 Å². The molecule has 0 bridgehead atoms. The first-order valence-corrected chi connectivity index (χ1v) is 5.04. The number of nitrogens with one attached hydrogen (secondary N) is 1. The van der Waals surface area contributed by atoms with Crippen molar-refractivity contribution in [2.24, 2.45) is 5.92 Å². The number of piperazine rings is 1. The summed E-state index contributed by atoms with van der Waals surface area (Å²) in [6, 6.07) is -0.225. The Labute approximate surface area is 84.7 Å². The summed E-state index contributed by atoms with van der Waals surface area (Å²) < 4.78 is 0. The highest BCUT2D eigenvalue weighted by Crippen LogP contribution is 2.17. The van der Waals surface area contributed by atoms with E-state index in [-0.39, 0.29) is 36.4 Å². The van der Waals surface area contributed by atoms with Gasteiger partial charge in [0.25, 0.3) is 0 Å². The first-order chi connectivity index (χ1) is 6.45. The summed E-state index contributed by atoms with van der Waals surface area (Å²) >= 11 is 0. The van der Waals surface area contributed by atoms with Crippen molar-refractivity contribution in [3.8, 4) is 0 Å². The molecule has 1 saturated heterocycles. The second-order valence-electron chi connectivity index (χ2n) is 4.30. The van der Waals surface area contributed by atoms with Gasteiger partial charge in [0.15, 0.2) is 0 Å². The lowest BCUT2D eigenvalue weighted by Gasteiger charge is -2.39. The number of amides is 2. The maximum Gasteiger partial charge on any atom is 0.243 e. The molecule has 0 spiro atoms. The van der Waals surface area contributed by atoms with Gasteiger partial charge in [-0.15, -0.1) is 0 Å². The van der Waals surface area contributed by atoms with Crippen LogP contribution in [-0.4, -0.2) is 35.3 Å². The summed E-state index contributed by atoms with van der Waals surface area (Å²) in [6.45, 7) is 7.93. The van der Waals surface area contributed by atoms with Crippen LogP contribution in [0.5, 0.6) is 0 Å². The van der Waals surface area contributed by atoms with E-state index < -0.39 is 0 Å². The molecule has 0 aliphatic carbocycles. The van der Waals surface area contributed by atoms with Crippen molar-refractivity contribution < 1.29 is 9.59 Å². The normalized spacial score (nSPS) is 23.3. The molecule has 1 aliphatic heterocycles. The van der Waals surface area contributed by atoms with Crippen LogP contribution in [0.2, 0.25) is 0 Å². The van der Waals surface area contributed by atoms with Gasteiger partial charge < -0.3 is 10.2 Å². The standard InChI is InChI=1S/C10H18N2O2/c1-6(2)9-10(14)11-5-8(13)12(9)7(3)4/h6-7,9H,5H2,1-4H3,(H,11,14). The Bertz CT molecular complexity index is 223. The minimum atomic E-state index is -0.309. The van der Waals surface area contributed by atoms with E-state index in [2.05, 4.69) is 5.32 Å². The molecule has 0 saturated carbocycles. The summed E-state index contributed by atoms with van der Waals surface area (Å²) in [7, 11) is 0. The maximum atomic E-state index is 11.6. The largest absolute Gasteiger partial charge is 0.345 e. The van der Waals surface area contributed by atoms with Crippen LogP contribution in [0.1, 0.15) is 27.7 Å². The third-order valence-electron chi connectivity index (χ3n) is 2.46. The van der Waals surface area contributed by atoms with Crippen LogP contribution in [0.15, 0.2) is 0 Å². The molecule has 1 atom stereocenters. The Kier molecular flexibility index (Phi) is 3.13. The van der Waals surface area contributed by atoms with Crippen molar-refractivity contribution in [1.29, 1.82) is 0 Å². The van der Waals surface area contributed by atoms with Gasteiger partial charge in [0.2, 0.25) is 11.8 Å². The third-order valence-corrected chi connectivity index (χ3v) is 2.46. The molecule has 1 fully saturated rings. The number of hydrogen-bond donors (Lipinski definition) is 1. The van der Waals surface area contributed by atoms with E-state index in [4.69, 9.17) is 0 Å². The molecule has 1 aliphatic rings. The van der Waals surface area contributed by atoms with Gasteiger partial charge in [0.1, 0.15) is 6.04 Å². The van der Waals surface area contributed by atoms with Crippen LogP contribution in [0, 0.1) is 5.92 Å². The second-order valence-corrected chi connectivity index (χ2v) is 4.30. The Morgan fingerprint density at radius 3 is 2.21 bits per heavy atom. The average Bonchev–Trinajstić information content (AvgIpc) is 2.07. The van der Waals surface area contributed by atoms with Crippen molar-refractivity contribution >= 4 is 11.8 Å². The molecule has 4 nitrogen and oxygen atoms in total. The zero-order chi connectivity index (χ0) is 10.9. The van der Waals surface area contributed by atoms with Crippen molar-refractivity contribution in [3.63, 3.8) is 0 Å². The van der Waals surface area contributed by atoms with Crippen LogP contribution in [-0.2, 0) is 9.59 Å². The number of hydrogen-bond acceptors (Lipinski definition) is 2. The Balaban J connectivity index is 2.92. The van der Waals surface area contributed by atoms with Crippen LogP contribution >= 0.6 is 0 Å². The van der Waals surface area contributed by atoms with E-state index in [1.54, 1.807) is 4.90 Å². The zero-order valence-electron chi connectivity index (χ0n) is 9.20. The van der Waals surface area contributed by atoms with E-state index in [0.717, 1.165) is 0 Å². The van der Waals surface area contributed by atoms with Crippen molar-refractivity contribution in [2.45, 2.75) is 39.8 Å². The minimum Gasteiger partial charge on any atom is -0.345 e. The van der Waals surface area contributed by atoms with Crippen LogP contribution in [0.3, 0.4) is 0 Å². The van der Waals surface area contributed by atoms with Crippen molar-refractivity contribution in [3.05, 3.63) is 0 Å². The summed E-state index contributed by atoms with van der Waals surface area (Å²) in [5.74, 6) is 0.133. The highest BCUT2D eigenvalue weighted by atomic mass is 16.2. The molecular formula is C10H18N2O2. The van der Waals surface area contributed by atoms with Gasteiger partial charge in [-0.3, -0.25) is 9.59 Å². The van der Waals surface area contributed by atoms with Crippen LogP contribution in [0.4, 0.5) is 0 Å². The summed E-state index contributed by atoms with van der Waals surface area (Å²) in [5, 5.41) is 2.62. The SMILES string of the molecule is CC(C)C1C(=O)NCC(=O)N1C(C)C. The lowest BCUT2D eigenvalue weighted by molar-refractivity contribution is -0.149. The highest BCUT2D eigenvalue weighted by molar-refractivity contribution is 5.95. The van der Waals surface area contributed by atoms with Gasteiger partial charge in [0.05, 0.1) is 6.54 Å². The lowest BCUT2D eigenvalue weighted by atomic mass is 9.98. The fourth-order valence-corrected chi connectivity index (χ4v) is 1.87. The predicted molar refractivity (Wildman–Crippen MR) is 53.6 cm³/mol. The van der Waals surface area contributed by atoms with Gasteiger partial charge in [-0.05, 0) is 19.8 Å². The zero-order valence-corrected chi connectivity index (χ0v) is 9.20. The molecule has 14 heavy (non-hydrogen) atoms. The Hall–Kier alpha value is -1.06. The molecule has 1 rings (SSSR count). The first kappa shape index (κ1) is 11.0. The Morgan fingerprint density at radius 1 is 1.29 bits per heavy atom. The fraction of sp³-hybridized carbons (Fsp3) is 0.800. The van der Waals surface area contributed by atoms with E-state index >= 15 is 0 Å². The van der Waals surface area contributed by atoms with Gasteiger partial charge in [-0.2, -0.15) is 0 Å². The molecule has 0 radical (unpaired) electrons. The molecular weight excluding hydrogens is 180 g/mol. The molecule has 1 heterocycles. The molecule has 1 unspecified atom stereocenters. The second kappa shape index (κ2) is 3.98. The number of nitrogens with zero attached hydrogens (tertiary/aromatic N) is 1. The number of carbonyl (C=O) groups is 2. The molecule has 2 amide bonds. The van der Waals surface area contributed by atoms with Gasteiger partial charge >= 0.3 is 0 Å². The molecule has 0 aromatic heterocycles. The first-order valence-electron chi connectivity index (χ1n) is 5.04. The highest BCUT2D eigenvalue weighted by Gasteiger charge is 2.37. The van der Waals surface area contributed by atoms with Crippen molar-refractivity contribution in [1.82, 2.24) is 10.2 Å². The quantitative estimate of drug-likeness (QED) is 0.697. The van der Waals surface area contributed by atoms with E-state index in [0.29, 0.717) is 0 Å². The minimum absolute atomic E-state index is 0.0123. The average molecular weight is 198 g/mol. The number of rotatable bonds is 2. The molecule has 0 aromatic rings. The summed E-state index contributed by atoms with van der Waals surface area (Å²) in [6.07, 6.45) is 0. The topological polar surface area (TPSA) is 49.4 Å². The molecule has 1 N–H and O–H groups in total. The molecule has 0 aromatic carbocycles. The predicted octanol–water partition coefficient (Wildman–Crippen LogP) is 0.378. The van der Waals surface area contributed by atoms with E-state index in [1.165, 1.54) is 0 Å². The smallest absolute Gasteiger partial charge is 0.243 e.